The van der Waals surface area contributed by atoms with Gasteiger partial charge in [-0.15, -0.1) is 11.3 Å². The molecule has 2 amide bonds. The van der Waals surface area contributed by atoms with E-state index in [1.807, 2.05) is 5.32 Å². The molecule has 0 saturated carbocycles. The first-order valence-electron chi connectivity index (χ1n) is 15.1. The summed E-state index contributed by atoms with van der Waals surface area (Å²) in [7, 11) is -3.25. The smallest absolute Gasteiger partial charge is 0.413 e. The number of aliphatic hydroxyl groups excluding tert-OH is 1. The largest absolute Gasteiger partial charge is 0.453 e. The lowest BCUT2D eigenvalue weighted by Crippen LogP contribution is -2.43. The van der Waals surface area contributed by atoms with E-state index in [9.17, 15) is 36.3 Å². The summed E-state index contributed by atoms with van der Waals surface area (Å²) in [5.41, 5.74) is 8.55. The maximum absolute atomic E-state index is 13.8. The second-order valence-corrected chi connectivity index (χ2v) is 14.5. The first kappa shape index (κ1) is 40.3. The van der Waals surface area contributed by atoms with Crippen molar-refractivity contribution < 1.29 is 41.0 Å². The van der Waals surface area contributed by atoms with Crippen LogP contribution in [0.2, 0.25) is 5.02 Å². The van der Waals surface area contributed by atoms with Gasteiger partial charge >= 0.3 is 12.3 Å². The predicted octanol–water partition coefficient (Wildman–Crippen LogP) is 6.47. The Balaban J connectivity index is 0.000000429. The Hall–Kier alpha value is -4.15. The Morgan fingerprint density at radius 1 is 0.960 bits per heavy atom. The van der Waals surface area contributed by atoms with E-state index < -0.39 is 59.5 Å². The fourth-order valence-corrected chi connectivity index (χ4v) is 8.08. The SMILES string of the molecule is COC(=O)NCC(=O)NC(c1ccc(C(CO)N(C(C)C)S(=O)(=O)c2ccc(N)c(Cl)c2)s1)C(F)(F)F.c1ccc(Cc2ccccc2)cc1. The third kappa shape index (κ3) is 11.2. The fraction of sp³-hybridized carbons (Fsp3) is 0.294. The van der Waals surface area contributed by atoms with E-state index in [0.717, 1.165) is 30.0 Å². The number of hydrogen-bond donors (Lipinski definition) is 4. The highest BCUT2D eigenvalue weighted by molar-refractivity contribution is 7.89. The number of sulfonamides is 1. The van der Waals surface area contributed by atoms with Crippen LogP contribution in [0.5, 0.6) is 0 Å². The number of methoxy groups -OCH3 is 1. The highest BCUT2D eigenvalue weighted by atomic mass is 35.5. The molecule has 0 radical (unpaired) electrons. The van der Waals surface area contributed by atoms with Crippen LogP contribution in [0, 0.1) is 0 Å². The summed E-state index contributed by atoms with van der Waals surface area (Å²) in [5.74, 6) is -1.13. The Labute approximate surface area is 298 Å². The molecule has 2 unspecified atom stereocenters. The molecule has 0 aliphatic carbocycles. The van der Waals surface area contributed by atoms with Crippen molar-refractivity contribution in [3.05, 3.63) is 117 Å². The average molecular weight is 755 g/mol. The molecule has 4 aromatic rings. The van der Waals surface area contributed by atoms with Crippen molar-refractivity contribution in [1.29, 1.82) is 0 Å². The third-order valence-electron chi connectivity index (χ3n) is 7.10. The molecule has 2 atom stereocenters. The number of aliphatic hydroxyl groups is 1. The van der Waals surface area contributed by atoms with Gasteiger partial charge in [-0.25, -0.2) is 13.2 Å². The Morgan fingerprint density at radius 2 is 1.52 bits per heavy atom. The first-order valence-corrected chi connectivity index (χ1v) is 17.8. The molecule has 0 spiro atoms. The van der Waals surface area contributed by atoms with Crippen LogP contribution in [-0.2, 0) is 26.0 Å². The van der Waals surface area contributed by atoms with Gasteiger partial charge in [0.15, 0.2) is 6.04 Å². The second kappa shape index (κ2) is 18.2. The summed E-state index contributed by atoms with van der Waals surface area (Å²) < 4.78 is 73.5. The first-order chi connectivity index (χ1) is 23.6. The summed E-state index contributed by atoms with van der Waals surface area (Å²) in [6.07, 6.45) is -4.88. The molecule has 50 heavy (non-hydrogen) atoms. The van der Waals surface area contributed by atoms with E-state index in [4.69, 9.17) is 17.3 Å². The summed E-state index contributed by atoms with van der Waals surface area (Å²) in [6, 6.07) is 22.7. The number of ether oxygens (including phenoxy) is 1. The summed E-state index contributed by atoms with van der Waals surface area (Å²) in [6.45, 7) is 1.58. The van der Waals surface area contributed by atoms with E-state index >= 15 is 0 Å². The Kier molecular flexibility index (Phi) is 14.7. The Morgan fingerprint density at radius 3 is 2.00 bits per heavy atom. The minimum atomic E-state index is -4.91. The predicted molar refractivity (Wildman–Crippen MR) is 187 cm³/mol. The van der Waals surface area contributed by atoms with Crippen LogP contribution in [0.15, 0.2) is 95.9 Å². The van der Waals surface area contributed by atoms with Gasteiger partial charge in [0.05, 0.1) is 35.4 Å². The number of benzene rings is 3. The van der Waals surface area contributed by atoms with Crippen LogP contribution in [0.25, 0.3) is 0 Å². The van der Waals surface area contributed by atoms with Gasteiger partial charge in [-0.1, -0.05) is 72.3 Å². The van der Waals surface area contributed by atoms with Crippen molar-refractivity contribution in [2.45, 2.75) is 49.5 Å². The lowest BCUT2D eigenvalue weighted by molar-refractivity contribution is -0.162. The van der Waals surface area contributed by atoms with Crippen LogP contribution < -0.4 is 16.4 Å². The van der Waals surface area contributed by atoms with Crippen molar-refractivity contribution >= 4 is 50.6 Å². The molecule has 1 heterocycles. The zero-order valence-corrected chi connectivity index (χ0v) is 29.7. The van der Waals surface area contributed by atoms with E-state index in [1.54, 1.807) is 19.2 Å². The van der Waals surface area contributed by atoms with Crippen molar-refractivity contribution in [2.75, 3.05) is 26.0 Å². The van der Waals surface area contributed by atoms with Crippen LogP contribution in [0.3, 0.4) is 0 Å². The quantitative estimate of drug-likeness (QED) is 0.121. The number of alkyl carbamates (subject to hydrolysis) is 1. The second-order valence-electron chi connectivity index (χ2n) is 11.1. The lowest BCUT2D eigenvalue weighted by atomic mass is 10.1. The number of nitrogens with one attached hydrogen (secondary N) is 2. The van der Waals surface area contributed by atoms with Gasteiger partial charge in [-0.3, -0.25) is 4.79 Å². The van der Waals surface area contributed by atoms with Gasteiger partial charge in [0.2, 0.25) is 15.9 Å². The molecular formula is C34H38ClF3N4O6S2. The minimum Gasteiger partial charge on any atom is -0.453 e. The number of halogens is 4. The normalized spacial score (nSPS) is 12.8. The number of nitrogen functional groups attached to an aromatic ring is 1. The molecule has 270 valence electrons. The molecular weight excluding hydrogens is 717 g/mol. The van der Waals surface area contributed by atoms with Gasteiger partial charge in [0.25, 0.3) is 0 Å². The number of anilines is 1. The molecule has 0 aliphatic heterocycles. The number of alkyl halides is 3. The van der Waals surface area contributed by atoms with E-state index in [-0.39, 0.29) is 25.4 Å². The van der Waals surface area contributed by atoms with Crippen LogP contribution >= 0.6 is 22.9 Å². The molecule has 16 heteroatoms. The zero-order chi connectivity index (χ0) is 37.1. The number of nitrogens with zero attached hydrogens (tertiary/aromatic N) is 1. The molecule has 1 aromatic heterocycles. The number of hydrogen-bond acceptors (Lipinski definition) is 8. The molecule has 0 aliphatic rings. The topological polar surface area (TPSA) is 151 Å². The summed E-state index contributed by atoms with van der Waals surface area (Å²) in [5, 5.41) is 13.9. The van der Waals surface area contributed by atoms with Crippen LogP contribution in [0.1, 0.15) is 46.8 Å². The van der Waals surface area contributed by atoms with E-state index in [2.05, 4.69) is 65.4 Å². The van der Waals surface area contributed by atoms with Crippen molar-refractivity contribution in [2.24, 2.45) is 0 Å². The van der Waals surface area contributed by atoms with Gasteiger partial charge in [-0.2, -0.15) is 17.5 Å². The number of thiophene rings is 1. The number of carbonyl (C=O) groups excluding carboxylic acids is 2. The van der Waals surface area contributed by atoms with E-state index in [0.29, 0.717) is 11.3 Å². The van der Waals surface area contributed by atoms with Gasteiger partial charge < -0.3 is 26.2 Å². The maximum Gasteiger partial charge on any atom is 0.413 e. The van der Waals surface area contributed by atoms with Crippen LogP contribution in [0.4, 0.5) is 23.7 Å². The molecule has 10 nitrogen and oxygen atoms in total. The molecule has 3 aromatic carbocycles. The zero-order valence-electron chi connectivity index (χ0n) is 27.4. The number of carbonyl (C=O) groups is 2. The molecule has 0 saturated heterocycles. The fourth-order valence-electron chi connectivity index (χ4n) is 4.77. The van der Waals surface area contributed by atoms with Crippen molar-refractivity contribution in [3.8, 4) is 0 Å². The van der Waals surface area contributed by atoms with Gasteiger partial charge in [0, 0.05) is 15.8 Å². The number of rotatable bonds is 12. The highest BCUT2D eigenvalue weighted by Crippen LogP contribution is 2.40. The number of nitrogens with two attached hydrogens (primary N) is 1. The lowest BCUT2D eigenvalue weighted by Gasteiger charge is -2.32. The molecule has 0 bridgehead atoms. The minimum absolute atomic E-state index is 0.00538. The van der Waals surface area contributed by atoms with Crippen LogP contribution in [-0.4, -0.2) is 62.3 Å². The van der Waals surface area contributed by atoms with Gasteiger partial charge in [0.1, 0.15) is 6.54 Å². The summed E-state index contributed by atoms with van der Waals surface area (Å²) in [4.78, 5) is 22.6. The molecule has 5 N–H and O–H groups in total. The number of amides is 2. The van der Waals surface area contributed by atoms with Gasteiger partial charge in [-0.05, 0) is 61.7 Å². The maximum atomic E-state index is 13.8. The molecule has 0 fully saturated rings. The van der Waals surface area contributed by atoms with E-state index in [1.165, 1.54) is 29.3 Å². The monoisotopic (exact) mass is 754 g/mol. The standard InChI is InChI=1S/C21H26ClF3N4O6S2.C13H12/c1-11(2)29(37(33,34)12-4-5-14(26)13(22)8-12)15(10-30)16-6-7-17(36-16)19(21(23,24)25)28-18(31)9-27-20(32)35-3;1-3-7-12(8-4-1)11-13-9-5-2-6-10-13/h4-8,11,15,19,30H,9-10,26H2,1-3H3,(H,27,32)(H,28,31);1-10H,11H2. The highest BCUT2D eigenvalue weighted by Gasteiger charge is 2.44. The summed E-state index contributed by atoms with van der Waals surface area (Å²) >= 11 is 6.55. The van der Waals surface area contributed by atoms with Crippen molar-refractivity contribution in [3.63, 3.8) is 0 Å². The Bertz CT molecular complexity index is 1770. The third-order valence-corrected chi connectivity index (χ3v) is 10.8. The van der Waals surface area contributed by atoms with Crippen molar-refractivity contribution in [1.82, 2.24) is 14.9 Å². The molecule has 4 rings (SSSR count). The average Bonchev–Trinajstić information content (AvgIpc) is 3.55.